The van der Waals surface area contributed by atoms with Gasteiger partial charge in [-0.25, -0.2) is 0 Å². The van der Waals surface area contributed by atoms with E-state index in [-0.39, 0.29) is 5.54 Å². The third-order valence-electron chi connectivity index (χ3n) is 3.45. The number of hydrogen-bond donors (Lipinski definition) is 0. The van der Waals surface area contributed by atoms with E-state index in [0.717, 1.165) is 18.2 Å². The summed E-state index contributed by atoms with van der Waals surface area (Å²) in [6.45, 7) is 14.6. The lowest BCUT2D eigenvalue weighted by atomic mass is 9.99. The number of aromatic nitrogens is 1. The van der Waals surface area contributed by atoms with Crippen LogP contribution in [0, 0.1) is 5.92 Å². The molecule has 0 saturated heterocycles. The third-order valence-corrected chi connectivity index (χ3v) is 3.68. The first kappa shape index (κ1) is 16.5. The van der Waals surface area contributed by atoms with E-state index in [1.807, 2.05) is 12.1 Å². The van der Waals surface area contributed by atoms with Crippen LogP contribution < -0.4 is 0 Å². The van der Waals surface area contributed by atoms with Gasteiger partial charge in [0.25, 0.3) is 0 Å². The van der Waals surface area contributed by atoms with Crippen LogP contribution in [0.2, 0.25) is 5.02 Å². The van der Waals surface area contributed by atoms with Gasteiger partial charge in [-0.05, 0) is 58.7 Å². The van der Waals surface area contributed by atoms with Crippen molar-refractivity contribution in [1.29, 1.82) is 0 Å². The van der Waals surface area contributed by atoms with Gasteiger partial charge in [0, 0.05) is 17.8 Å². The highest BCUT2D eigenvalue weighted by molar-refractivity contribution is 6.30. The second kappa shape index (κ2) is 6.71. The monoisotopic (exact) mass is 282 g/mol. The van der Waals surface area contributed by atoms with Crippen LogP contribution in [0.1, 0.15) is 59.7 Å². The summed E-state index contributed by atoms with van der Waals surface area (Å²) in [4.78, 5) is 6.98. The van der Waals surface area contributed by atoms with Gasteiger partial charge in [0.15, 0.2) is 0 Å². The first-order valence-electron chi connectivity index (χ1n) is 7.10. The maximum Gasteiger partial charge on any atom is 0.0589 e. The van der Waals surface area contributed by atoms with Crippen molar-refractivity contribution in [3.8, 4) is 0 Å². The van der Waals surface area contributed by atoms with Crippen LogP contribution in [0.5, 0.6) is 0 Å². The average molecular weight is 283 g/mol. The largest absolute Gasteiger partial charge is 0.290 e. The minimum Gasteiger partial charge on any atom is -0.290 e. The highest BCUT2D eigenvalue weighted by Crippen LogP contribution is 2.28. The Morgan fingerprint density at radius 1 is 1.21 bits per heavy atom. The molecule has 0 spiro atoms. The van der Waals surface area contributed by atoms with Gasteiger partial charge in [0.2, 0.25) is 0 Å². The summed E-state index contributed by atoms with van der Waals surface area (Å²) in [5.74, 6) is 0.718. The number of halogens is 1. The molecule has 0 radical (unpaired) electrons. The molecular formula is C16H27ClN2. The fraction of sp³-hybridized carbons (Fsp3) is 0.688. The molecule has 0 aliphatic heterocycles. The molecule has 0 aliphatic rings. The average Bonchev–Trinajstić information content (AvgIpc) is 2.27. The van der Waals surface area contributed by atoms with E-state index in [4.69, 9.17) is 11.6 Å². The van der Waals surface area contributed by atoms with Crippen molar-refractivity contribution in [3.63, 3.8) is 0 Å². The third kappa shape index (κ3) is 5.12. The van der Waals surface area contributed by atoms with Crippen molar-refractivity contribution in [2.75, 3.05) is 6.54 Å². The Kier molecular flexibility index (Phi) is 5.82. The zero-order valence-electron chi connectivity index (χ0n) is 13.1. The molecule has 1 atom stereocenters. The zero-order valence-corrected chi connectivity index (χ0v) is 13.8. The molecule has 3 heteroatoms. The Morgan fingerprint density at radius 3 is 2.26 bits per heavy atom. The molecule has 0 fully saturated rings. The van der Waals surface area contributed by atoms with Gasteiger partial charge in [0.1, 0.15) is 0 Å². The lowest BCUT2D eigenvalue weighted by Gasteiger charge is -2.40. The molecule has 1 unspecified atom stereocenters. The van der Waals surface area contributed by atoms with Crippen LogP contribution in [-0.4, -0.2) is 22.0 Å². The molecule has 0 aromatic carbocycles. The van der Waals surface area contributed by atoms with Crippen LogP contribution in [0.4, 0.5) is 0 Å². The smallest absolute Gasteiger partial charge is 0.0589 e. The van der Waals surface area contributed by atoms with E-state index in [1.165, 1.54) is 6.42 Å². The Balaban J connectivity index is 2.87. The van der Waals surface area contributed by atoms with Gasteiger partial charge in [-0.2, -0.15) is 0 Å². The molecule has 1 rings (SSSR count). The Hall–Kier alpha value is -0.600. The summed E-state index contributed by atoms with van der Waals surface area (Å²) >= 11 is 5.91. The topological polar surface area (TPSA) is 16.1 Å². The first-order chi connectivity index (χ1) is 8.71. The second-order valence-corrected chi connectivity index (χ2v) is 7.06. The lowest BCUT2D eigenvalue weighted by Crippen LogP contribution is -2.44. The van der Waals surface area contributed by atoms with Crippen molar-refractivity contribution in [2.45, 2.75) is 59.5 Å². The van der Waals surface area contributed by atoms with E-state index < -0.39 is 0 Å². The molecule has 0 saturated carbocycles. The Bertz CT molecular complexity index is 379. The maximum absolute atomic E-state index is 5.91. The maximum atomic E-state index is 5.91. The second-order valence-electron chi connectivity index (χ2n) is 6.62. The summed E-state index contributed by atoms with van der Waals surface area (Å²) < 4.78 is 0. The van der Waals surface area contributed by atoms with Gasteiger partial charge >= 0.3 is 0 Å². The van der Waals surface area contributed by atoms with E-state index in [9.17, 15) is 0 Å². The molecule has 1 heterocycles. The van der Waals surface area contributed by atoms with Gasteiger partial charge in [0.05, 0.1) is 10.7 Å². The predicted molar refractivity (Wildman–Crippen MR) is 83.6 cm³/mol. The van der Waals surface area contributed by atoms with Gasteiger partial charge in [-0.1, -0.05) is 25.4 Å². The van der Waals surface area contributed by atoms with Gasteiger partial charge in [-0.15, -0.1) is 0 Å². The summed E-state index contributed by atoms with van der Waals surface area (Å²) in [6, 6.07) is 4.25. The van der Waals surface area contributed by atoms with Crippen LogP contribution in [0.3, 0.4) is 0 Å². The number of pyridine rings is 1. The normalized spacial score (nSPS) is 14.2. The van der Waals surface area contributed by atoms with E-state index in [0.29, 0.717) is 11.1 Å². The number of nitrogens with zero attached hydrogens (tertiary/aromatic N) is 2. The number of rotatable bonds is 5. The molecule has 108 valence electrons. The summed E-state index contributed by atoms with van der Waals surface area (Å²) in [5.41, 5.74) is 1.22. The molecule has 0 aliphatic carbocycles. The standard InChI is InChI=1S/C16H27ClN2/c1-12(2)9-10-19(16(4,5)6)13(3)15-8-7-14(17)11-18-15/h7-8,11-13H,9-10H2,1-6H3. The van der Waals surface area contributed by atoms with Crippen LogP contribution in [-0.2, 0) is 0 Å². The molecule has 0 N–H and O–H groups in total. The molecule has 0 bridgehead atoms. The summed E-state index contributed by atoms with van der Waals surface area (Å²) in [7, 11) is 0. The van der Waals surface area contributed by atoms with Gasteiger partial charge in [-0.3, -0.25) is 9.88 Å². The molecule has 1 aromatic heterocycles. The van der Waals surface area contributed by atoms with Crippen LogP contribution in [0.15, 0.2) is 18.3 Å². The Labute approximate surface area is 123 Å². The van der Waals surface area contributed by atoms with Gasteiger partial charge < -0.3 is 0 Å². The molecule has 2 nitrogen and oxygen atoms in total. The highest BCUT2D eigenvalue weighted by atomic mass is 35.5. The van der Waals surface area contributed by atoms with E-state index in [1.54, 1.807) is 6.20 Å². The minimum absolute atomic E-state index is 0.135. The predicted octanol–water partition coefficient (Wildman–Crippen LogP) is 4.94. The molecule has 19 heavy (non-hydrogen) atoms. The van der Waals surface area contributed by atoms with Crippen molar-refractivity contribution in [2.24, 2.45) is 5.92 Å². The van der Waals surface area contributed by atoms with Crippen LogP contribution >= 0.6 is 11.6 Å². The van der Waals surface area contributed by atoms with E-state index >= 15 is 0 Å². The van der Waals surface area contributed by atoms with Crippen molar-refractivity contribution < 1.29 is 0 Å². The fourth-order valence-corrected chi connectivity index (χ4v) is 2.41. The fourth-order valence-electron chi connectivity index (χ4n) is 2.30. The zero-order chi connectivity index (χ0) is 14.6. The number of hydrogen-bond acceptors (Lipinski definition) is 2. The SMILES string of the molecule is CC(C)CCN(C(C)c1ccc(Cl)cn1)C(C)(C)C. The van der Waals surface area contributed by atoms with Crippen molar-refractivity contribution >= 4 is 11.6 Å². The lowest BCUT2D eigenvalue weighted by molar-refractivity contribution is 0.0821. The van der Waals surface area contributed by atoms with E-state index in [2.05, 4.69) is 51.4 Å². The van der Waals surface area contributed by atoms with Crippen molar-refractivity contribution in [1.82, 2.24) is 9.88 Å². The first-order valence-corrected chi connectivity index (χ1v) is 7.48. The molecular weight excluding hydrogens is 256 g/mol. The Morgan fingerprint density at radius 2 is 1.84 bits per heavy atom. The summed E-state index contributed by atoms with van der Waals surface area (Å²) in [6.07, 6.45) is 2.94. The minimum atomic E-state index is 0.135. The quantitative estimate of drug-likeness (QED) is 0.760. The molecule has 1 aromatic rings. The molecule has 0 amide bonds. The highest BCUT2D eigenvalue weighted by Gasteiger charge is 2.27. The summed E-state index contributed by atoms with van der Waals surface area (Å²) in [5, 5.41) is 0.695. The van der Waals surface area contributed by atoms with Crippen molar-refractivity contribution in [3.05, 3.63) is 29.0 Å². The van der Waals surface area contributed by atoms with Crippen LogP contribution in [0.25, 0.3) is 0 Å².